The first kappa shape index (κ1) is 18.3. The predicted octanol–water partition coefficient (Wildman–Crippen LogP) is 4.23. The number of rotatable bonds is 7. The van der Waals surface area contributed by atoms with Crippen LogP contribution >= 0.6 is 0 Å². The van der Waals surface area contributed by atoms with E-state index in [4.69, 9.17) is 4.74 Å². The van der Waals surface area contributed by atoms with Crippen LogP contribution in [0.1, 0.15) is 56.6 Å². The monoisotopic (exact) mass is 353 g/mol. The zero-order valence-corrected chi connectivity index (χ0v) is 15.8. The number of nitrogens with zero attached hydrogens (tertiary/aromatic N) is 4. The Kier molecular flexibility index (Phi) is 6.17. The van der Waals surface area contributed by atoms with E-state index in [9.17, 15) is 0 Å². The van der Waals surface area contributed by atoms with Crippen LogP contribution in [-0.4, -0.2) is 32.9 Å². The van der Waals surface area contributed by atoms with Crippen molar-refractivity contribution in [3.05, 3.63) is 41.6 Å². The highest BCUT2D eigenvalue weighted by atomic mass is 16.5. The smallest absolute Gasteiger partial charge is 0.153 e. The third kappa shape index (κ3) is 4.58. The lowest BCUT2D eigenvalue weighted by Crippen LogP contribution is -2.09. The molecule has 1 fully saturated rings. The normalized spacial score (nSPS) is 15.9. The van der Waals surface area contributed by atoms with Crippen molar-refractivity contribution in [3.8, 4) is 0 Å². The molecule has 1 aliphatic carbocycles. The fourth-order valence-electron chi connectivity index (χ4n) is 3.08. The number of allylic oxidation sites excluding steroid dienone is 2. The number of anilines is 1. The van der Waals surface area contributed by atoms with Crippen molar-refractivity contribution in [2.24, 2.45) is 0 Å². The molecule has 2 aromatic heterocycles. The molecule has 0 amide bonds. The lowest BCUT2D eigenvalue weighted by atomic mass is 10.1. The topological polar surface area (TPSA) is 64.9 Å². The fourth-order valence-corrected chi connectivity index (χ4v) is 3.08. The molecule has 138 valence electrons. The van der Waals surface area contributed by atoms with Crippen LogP contribution < -0.4 is 5.32 Å². The van der Waals surface area contributed by atoms with E-state index in [2.05, 4.69) is 33.4 Å². The van der Waals surface area contributed by atoms with Gasteiger partial charge in [0, 0.05) is 37.3 Å². The first-order chi connectivity index (χ1) is 12.7. The summed E-state index contributed by atoms with van der Waals surface area (Å²) in [4.78, 5) is 8.91. The molecular weight excluding hydrogens is 326 g/mol. The molecule has 0 atom stereocenters. The molecule has 0 radical (unpaired) electrons. The van der Waals surface area contributed by atoms with Crippen LogP contribution in [0.5, 0.6) is 0 Å². The van der Waals surface area contributed by atoms with Gasteiger partial charge in [-0.2, -0.15) is 5.10 Å². The van der Waals surface area contributed by atoms with Gasteiger partial charge in [0.25, 0.3) is 0 Å². The minimum atomic E-state index is 0.383. The van der Waals surface area contributed by atoms with Gasteiger partial charge in [-0.1, -0.05) is 18.9 Å². The summed E-state index contributed by atoms with van der Waals surface area (Å²) in [6, 6.07) is 2.01. The van der Waals surface area contributed by atoms with E-state index in [0.717, 1.165) is 41.3 Å². The zero-order valence-electron chi connectivity index (χ0n) is 15.8. The highest BCUT2D eigenvalue weighted by molar-refractivity contribution is 5.79. The largest absolute Gasteiger partial charge is 0.372 e. The Morgan fingerprint density at radius 2 is 2.04 bits per heavy atom. The molecule has 0 spiro atoms. The SMILES string of the molecule is C/C=C\n1nc(NC)cc1/C=C(\C)c1cnc(COC2CCCC2)nc1. The Bertz CT molecular complexity index is 770. The second kappa shape index (κ2) is 8.76. The Hall–Kier alpha value is -2.47. The molecule has 0 unspecified atom stereocenters. The molecule has 2 heterocycles. The third-order valence-electron chi connectivity index (χ3n) is 4.59. The van der Waals surface area contributed by atoms with Crippen LogP contribution in [-0.2, 0) is 11.3 Å². The van der Waals surface area contributed by atoms with Gasteiger partial charge in [0.2, 0.25) is 0 Å². The molecule has 1 aliphatic rings. The van der Waals surface area contributed by atoms with E-state index in [1.165, 1.54) is 12.8 Å². The maximum absolute atomic E-state index is 5.88. The summed E-state index contributed by atoms with van der Waals surface area (Å²) in [7, 11) is 1.86. The zero-order chi connectivity index (χ0) is 18.4. The standard InChI is InChI=1S/C20H27N5O/c1-4-9-25-17(11-19(21-3)24-25)10-15(2)16-12-22-20(23-13-16)14-26-18-7-5-6-8-18/h4,9-13,18H,5-8,14H2,1-3H3,(H,21,24)/b9-4-,15-10+. The Labute approximate surface area is 155 Å². The van der Waals surface area contributed by atoms with Gasteiger partial charge in [0.15, 0.2) is 5.82 Å². The average molecular weight is 353 g/mol. The maximum Gasteiger partial charge on any atom is 0.153 e. The minimum absolute atomic E-state index is 0.383. The van der Waals surface area contributed by atoms with Crippen molar-refractivity contribution < 1.29 is 4.74 Å². The molecular formula is C20H27N5O. The maximum atomic E-state index is 5.88. The number of hydrogen-bond donors (Lipinski definition) is 1. The van der Waals surface area contributed by atoms with Crippen molar-refractivity contribution in [2.45, 2.75) is 52.2 Å². The second-order valence-electron chi connectivity index (χ2n) is 6.56. The van der Waals surface area contributed by atoms with Crippen LogP contribution in [0, 0.1) is 0 Å². The van der Waals surface area contributed by atoms with Gasteiger partial charge in [-0.25, -0.2) is 14.6 Å². The first-order valence-corrected chi connectivity index (χ1v) is 9.21. The molecule has 3 rings (SSSR count). The third-order valence-corrected chi connectivity index (χ3v) is 4.59. The van der Waals surface area contributed by atoms with Crippen molar-refractivity contribution >= 4 is 23.7 Å². The number of aromatic nitrogens is 4. The van der Waals surface area contributed by atoms with Crippen molar-refractivity contribution in [3.63, 3.8) is 0 Å². The highest BCUT2D eigenvalue weighted by Crippen LogP contribution is 2.22. The van der Waals surface area contributed by atoms with Gasteiger partial charge >= 0.3 is 0 Å². The average Bonchev–Trinajstić information content (AvgIpc) is 3.31. The fraction of sp³-hybridized carbons (Fsp3) is 0.450. The van der Waals surface area contributed by atoms with Crippen molar-refractivity contribution in [1.82, 2.24) is 19.7 Å². The van der Waals surface area contributed by atoms with Crippen LogP contribution in [0.15, 0.2) is 24.5 Å². The molecule has 6 heteroatoms. The Morgan fingerprint density at radius 1 is 1.31 bits per heavy atom. The number of ether oxygens (including phenoxy) is 1. The summed E-state index contributed by atoms with van der Waals surface area (Å²) < 4.78 is 7.72. The van der Waals surface area contributed by atoms with E-state index in [1.54, 1.807) is 0 Å². The lowest BCUT2D eigenvalue weighted by molar-refractivity contribution is 0.0417. The quantitative estimate of drug-likeness (QED) is 0.807. The molecule has 6 nitrogen and oxygen atoms in total. The van der Waals surface area contributed by atoms with Gasteiger partial charge in [-0.15, -0.1) is 0 Å². The molecule has 0 aromatic carbocycles. The molecule has 0 saturated heterocycles. The van der Waals surface area contributed by atoms with E-state index in [0.29, 0.717) is 12.7 Å². The van der Waals surface area contributed by atoms with Gasteiger partial charge in [0.1, 0.15) is 12.4 Å². The summed E-state index contributed by atoms with van der Waals surface area (Å²) in [5.74, 6) is 1.57. The Balaban J connectivity index is 1.70. The molecule has 1 saturated carbocycles. The van der Waals surface area contributed by atoms with Crippen molar-refractivity contribution in [2.75, 3.05) is 12.4 Å². The Morgan fingerprint density at radius 3 is 2.69 bits per heavy atom. The molecule has 2 aromatic rings. The van der Waals surface area contributed by atoms with Crippen LogP contribution in [0.25, 0.3) is 17.8 Å². The van der Waals surface area contributed by atoms with Gasteiger partial charge in [0.05, 0.1) is 11.8 Å². The molecule has 0 bridgehead atoms. The van der Waals surface area contributed by atoms with E-state index >= 15 is 0 Å². The van der Waals surface area contributed by atoms with Crippen LogP contribution in [0.3, 0.4) is 0 Å². The number of nitrogens with one attached hydrogen (secondary N) is 1. The highest BCUT2D eigenvalue weighted by Gasteiger charge is 2.15. The summed E-state index contributed by atoms with van der Waals surface area (Å²) >= 11 is 0. The van der Waals surface area contributed by atoms with E-state index < -0.39 is 0 Å². The molecule has 1 N–H and O–H groups in total. The molecule has 26 heavy (non-hydrogen) atoms. The van der Waals surface area contributed by atoms with E-state index in [-0.39, 0.29) is 0 Å². The minimum Gasteiger partial charge on any atom is -0.372 e. The van der Waals surface area contributed by atoms with Crippen LogP contribution in [0.4, 0.5) is 5.82 Å². The molecule has 0 aliphatic heterocycles. The van der Waals surface area contributed by atoms with Crippen molar-refractivity contribution in [1.29, 1.82) is 0 Å². The van der Waals surface area contributed by atoms with Gasteiger partial charge < -0.3 is 10.1 Å². The van der Waals surface area contributed by atoms with Gasteiger partial charge in [-0.3, -0.25) is 0 Å². The predicted molar refractivity (Wildman–Crippen MR) is 105 cm³/mol. The summed E-state index contributed by atoms with van der Waals surface area (Å²) in [5.41, 5.74) is 3.08. The summed E-state index contributed by atoms with van der Waals surface area (Å²) in [6.45, 7) is 4.52. The summed E-state index contributed by atoms with van der Waals surface area (Å²) in [6.07, 6.45) is 14.9. The number of hydrogen-bond acceptors (Lipinski definition) is 5. The first-order valence-electron chi connectivity index (χ1n) is 9.21. The van der Waals surface area contributed by atoms with Crippen LogP contribution in [0.2, 0.25) is 0 Å². The van der Waals surface area contributed by atoms with Gasteiger partial charge in [-0.05, 0) is 38.3 Å². The summed E-state index contributed by atoms with van der Waals surface area (Å²) in [5, 5.41) is 7.54. The van der Waals surface area contributed by atoms with E-state index in [1.807, 2.05) is 49.4 Å². The second-order valence-corrected chi connectivity index (χ2v) is 6.56. The lowest BCUT2D eigenvalue weighted by Gasteiger charge is -2.10.